The first-order chi connectivity index (χ1) is 19.4. The lowest BCUT2D eigenvalue weighted by Gasteiger charge is -2.13. The van der Waals surface area contributed by atoms with Gasteiger partial charge in [0.05, 0.1) is 31.8 Å². The summed E-state index contributed by atoms with van der Waals surface area (Å²) in [5.74, 6) is 1.70. The molecule has 0 spiro atoms. The van der Waals surface area contributed by atoms with Crippen molar-refractivity contribution in [2.75, 3.05) is 45.5 Å². The number of unbranched alkanes of at least 4 members (excludes halogenated alkanes) is 19. The maximum atomic E-state index is 5.95. The fourth-order valence-corrected chi connectivity index (χ4v) is 6.48. The van der Waals surface area contributed by atoms with Gasteiger partial charge in [-0.3, -0.25) is 0 Å². The predicted molar refractivity (Wildman–Crippen MR) is 170 cm³/mol. The van der Waals surface area contributed by atoms with Gasteiger partial charge >= 0.3 is 0 Å². The molecule has 0 N–H and O–H groups in total. The van der Waals surface area contributed by atoms with Gasteiger partial charge in [0.2, 0.25) is 0 Å². The second-order valence-electron chi connectivity index (χ2n) is 12.2. The van der Waals surface area contributed by atoms with Crippen molar-refractivity contribution in [2.45, 2.75) is 154 Å². The molecule has 0 radical (unpaired) electrons. The van der Waals surface area contributed by atoms with Crippen LogP contribution >= 0.6 is 11.8 Å². The minimum absolute atomic E-state index is 0.281. The largest absolute Gasteiger partial charge is 0.381 e. The van der Waals surface area contributed by atoms with Crippen molar-refractivity contribution in [3.63, 3.8) is 0 Å². The van der Waals surface area contributed by atoms with E-state index in [2.05, 4.69) is 23.4 Å². The van der Waals surface area contributed by atoms with E-state index >= 15 is 0 Å². The summed E-state index contributed by atoms with van der Waals surface area (Å²) >= 11 is 1.90. The van der Waals surface area contributed by atoms with Crippen molar-refractivity contribution in [2.24, 2.45) is 5.92 Å². The van der Waals surface area contributed by atoms with Gasteiger partial charge in [-0.15, -0.1) is 11.8 Å². The van der Waals surface area contributed by atoms with E-state index < -0.39 is 0 Å². The molecule has 4 nitrogen and oxygen atoms in total. The summed E-state index contributed by atoms with van der Waals surface area (Å²) in [4.78, 5) is 2.41. The van der Waals surface area contributed by atoms with Gasteiger partial charge in [0.15, 0.2) is 0 Å². The molecule has 0 saturated carbocycles. The number of ether oxygens (including phenoxy) is 3. The van der Waals surface area contributed by atoms with Crippen LogP contribution in [0.15, 0.2) is 11.6 Å². The van der Waals surface area contributed by atoms with Crippen LogP contribution in [0.3, 0.4) is 0 Å². The lowest BCUT2D eigenvalue weighted by Crippen LogP contribution is -2.15. The molecule has 0 amide bonds. The second-order valence-corrected chi connectivity index (χ2v) is 13.0. The molecule has 0 bridgehead atoms. The topological polar surface area (TPSA) is 30.9 Å². The van der Waals surface area contributed by atoms with Crippen LogP contribution < -0.4 is 0 Å². The lowest BCUT2D eigenvalue weighted by molar-refractivity contribution is 0.0141. The summed E-state index contributed by atoms with van der Waals surface area (Å²) in [5.41, 5.74) is 0. The minimum Gasteiger partial charge on any atom is -0.381 e. The fraction of sp³-hybridized carbons (Fsp3) is 0.941. The van der Waals surface area contributed by atoms with Gasteiger partial charge in [-0.25, -0.2) is 0 Å². The molecule has 0 aliphatic carbocycles. The molecule has 2 aliphatic heterocycles. The molecule has 2 atom stereocenters. The number of hydrogen-bond acceptors (Lipinski definition) is 5. The van der Waals surface area contributed by atoms with Crippen LogP contribution in [0.1, 0.15) is 148 Å². The molecule has 2 unspecified atom stereocenters. The average molecular weight is 568 g/mol. The van der Waals surface area contributed by atoms with Crippen molar-refractivity contribution in [1.29, 1.82) is 0 Å². The van der Waals surface area contributed by atoms with Gasteiger partial charge in [-0.2, -0.15) is 0 Å². The summed E-state index contributed by atoms with van der Waals surface area (Å²) in [6.07, 6.45) is 32.7. The minimum atomic E-state index is 0.281. The third kappa shape index (κ3) is 21.2. The molecule has 0 aromatic carbocycles. The zero-order valence-corrected chi connectivity index (χ0v) is 26.7. The quantitative estimate of drug-likeness (QED) is 0.0839. The highest BCUT2D eigenvalue weighted by Gasteiger charge is 2.25. The van der Waals surface area contributed by atoms with Crippen LogP contribution in [0.2, 0.25) is 0 Å². The van der Waals surface area contributed by atoms with Gasteiger partial charge in [0.25, 0.3) is 0 Å². The Bertz CT molecular complexity index is 547. The van der Waals surface area contributed by atoms with E-state index in [0.717, 1.165) is 45.3 Å². The van der Waals surface area contributed by atoms with Gasteiger partial charge in [-0.05, 0) is 31.1 Å². The Kier molecular flexibility index (Phi) is 23.9. The SMILES string of the molecule is CCCCCCCCCCCCCCCCCCOCC1CC(COCCCCCCCN2C=CSC2)CO1. The van der Waals surface area contributed by atoms with E-state index in [-0.39, 0.29) is 6.10 Å². The van der Waals surface area contributed by atoms with E-state index in [4.69, 9.17) is 14.2 Å². The first-order valence-electron chi connectivity index (χ1n) is 17.2. The molecule has 230 valence electrons. The molecule has 2 heterocycles. The highest BCUT2D eigenvalue weighted by atomic mass is 32.2. The van der Waals surface area contributed by atoms with Crippen LogP contribution in [0, 0.1) is 5.92 Å². The molecule has 2 aliphatic rings. The monoisotopic (exact) mass is 567 g/mol. The normalized spacial score (nSPS) is 19.1. The van der Waals surface area contributed by atoms with Crippen molar-refractivity contribution in [1.82, 2.24) is 4.90 Å². The molecule has 1 saturated heterocycles. The smallest absolute Gasteiger partial charge is 0.0813 e. The zero-order chi connectivity index (χ0) is 27.5. The van der Waals surface area contributed by atoms with Gasteiger partial charge < -0.3 is 19.1 Å². The molecule has 0 aromatic rings. The Morgan fingerprint density at radius 2 is 1.18 bits per heavy atom. The highest BCUT2D eigenvalue weighted by Crippen LogP contribution is 2.21. The molecule has 39 heavy (non-hydrogen) atoms. The summed E-state index contributed by atoms with van der Waals surface area (Å²) < 4.78 is 17.8. The maximum absolute atomic E-state index is 5.95. The summed E-state index contributed by atoms with van der Waals surface area (Å²) in [7, 11) is 0. The number of nitrogens with zero attached hydrogens (tertiary/aromatic N) is 1. The zero-order valence-electron chi connectivity index (χ0n) is 25.9. The second kappa shape index (κ2) is 26.7. The molecular weight excluding hydrogens is 502 g/mol. The molecule has 2 rings (SSSR count). The van der Waals surface area contributed by atoms with Crippen LogP contribution in [-0.2, 0) is 14.2 Å². The van der Waals surface area contributed by atoms with E-state index in [0.29, 0.717) is 5.92 Å². The predicted octanol–water partition coefficient (Wildman–Crippen LogP) is 10.1. The Hall–Kier alpha value is -0.230. The first-order valence-corrected chi connectivity index (χ1v) is 18.2. The highest BCUT2D eigenvalue weighted by molar-refractivity contribution is 8.02. The van der Waals surface area contributed by atoms with Gasteiger partial charge in [0, 0.05) is 31.9 Å². The van der Waals surface area contributed by atoms with Crippen LogP contribution in [0.5, 0.6) is 0 Å². The summed E-state index contributed by atoms with van der Waals surface area (Å²) in [6, 6.07) is 0. The van der Waals surface area contributed by atoms with Crippen molar-refractivity contribution in [3.05, 3.63) is 11.6 Å². The molecule has 0 aromatic heterocycles. The third-order valence-corrected chi connectivity index (χ3v) is 9.10. The van der Waals surface area contributed by atoms with E-state index in [1.165, 1.54) is 141 Å². The van der Waals surface area contributed by atoms with Crippen LogP contribution in [0.4, 0.5) is 0 Å². The molecule has 1 fully saturated rings. The number of rotatable bonds is 29. The first kappa shape index (κ1) is 35.0. The van der Waals surface area contributed by atoms with Crippen molar-refractivity contribution in [3.8, 4) is 0 Å². The van der Waals surface area contributed by atoms with E-state index in [9.17, 15) is 0 Å². The Labute approximate surface area is 247 Å². The van der Waals surface area contributed by atoms with Crippen LogP contribution in [0.25, 0.3) is 0 Å². The third-order valence-electron chi connectivity index (χ3n) is 8.31. The van der Waals surface area contributed by atoms with Crippen molar-refractivity contribution < 1.29 is 14.2 Å². The van der Waals surface area contributed by atoms with Gasteiger partial charge in [-0.1, -0.05) is 122 Å². The Balaban J connectivity index is 1.22. The van der Waals surface area contributed by atoms with E-state index in [1.54, 1.807) is 0 Å². The van der Waals surface area contributed by atoms with E-state index in [1.807, 2.05) is 11.8 Å². The summed E-state index contributed by atoms with van der Waals surface area (Å²) in [6.45, 7) is 7.78. The van der Waals surface area contributed by atoms with Crippen molar-refractivity contribution >= 4 is 11.8 Å². The standard InChI is InChI=1S/C34H65NO3S/c1-2-3-4-5-6-7-8-9-10-11-12-13-14-15-18-22-26-37-31-34-28-33(30-38-34)29-36-25-21-19-16-17-20-23-35-24-27-39-32-35/h24,27,33-34H,2-23,25-26,28-32H2,1H3. The Morgan fingerprint density at radius 1 is 0.667 bits per heavy atom. The fourth-order valence-electron chi connectivity index (χ4n) is 5.73. The molecular formula is C34H65NO3S. The number of thioether (sulfide) groups is 1. The maximum Gasteiger partial charge on any atom is 0.0813 e. The average Bonchev–Trinajstić information content (AvgIpc) is 3.64. The number of hydrogen-bond donors (Lipinski definition) is 0. The van der Waals surface area contributed by atoms with Gasteiger partial charge in [0.1, 0.15) is 0 Å². The van der Waals surface area contributed by atoms with Crippen LogP contribution in [-0.4, -0.2) is 56.5 Å². The lowest BCUT2D eigenvalue weighted by atomic mass is 10.0. The molecule has 5 heteroatoms. The summed E-state index contributed by atoms with van der Waals surface area (Å²) in [5, 5.41) is 2.20. The Morgan fingerprint density at radius 3 is 1.72 bits per heavy atom.